The van der Waals surface area contributed by atoms with Gasteiger partial charge in [-0.3, -0.25) is 4.98 Å². The van der Waals surface area contributed by atoms with Gasteiger partial charge >= 0.3 is 0 Å². The molecular weight excluding hydrogens is 245 g/mol. The van der Waals surface area contributed by atoms with Crippen LogP contribution in [0.15, 0.2) is 30.6 Å². The number of anilines is 1. The Labute approximate surface area is 102 Å². The summed E-state index contributed by atoms with van der Waals surface area (Å²) in [6, 6.07) is 4.08. The molecule has 6 heteroatoms. The summed E-state index contributed by atoms with van der Waals surface area (Å²) in [7, 11) is 0. The molecule has 1 unspecified atom stereocenters. The number of hydrogen-bond donors (Lipinski definition) is 2. The molecule has 88 valence electrons. The molecule has 2 rings (SSSR count). The molecule has 0 fully saturated rings. The van der Waals surface area contributed by atoms with Crippen LogP contribution in [0.4, 0.5) is 10.2 Å². The van der Waals surface area contributed by atoms with Crippen molar-refractivity contribution in [2.75, 3.05) is 5.73 Å². The Kier molecular flexibility index (Phi) is 3.21. The number of nitrogens with two attached hydrogens (primary N) is 1. The fourth-order valence-corrected chi connectivity index (χ4v) is 1.56. The molecule has 4 nitrogen and oxygen atoms in total. The number of nitrogens with zero attached hydrogens (tertiary/aromatic N) is 2. The first-order chi connectivity index (χ1) is 8.08. The van der Waals surface area contributed by atoms with Crippen molar-refractivity contribution in [3.05, 3.63) is 52.7 Å². The van der Waals surface area contributed by atoms with Crippen LogP contribution in [0.2, 0.25) is 5.02 Å². The van der Waals surface area contributed by atoms with Gasteiger partial charge in [-0.2, -0.15) is 0 Å². The first-order valence-electron chi connectivity index (χ1n) is 4.78. The summed E-state index contributed by atoms with van der Waals surface area (Å²) in [5, 5.41) is 10.4. The van der Waals surface area contributed by atoms with E-state index in [0.717, 1.165) is 6.20 Å². The molecule has 17 heavy (non-hydrogen) atoms. The van der Waals surface area contributed by atoms with Crippen molar-refractivity contribution >= 4 is 17.4 Å². The van der Waals surface area contributed by atoms with Crippen molar-refractivity contribution in [1.29, 1.82) is 0 Å². The predicted molar refractivity (Wildman–Crippen MR) is 61.9 cm³/mol. The fraction of sp³-hybridized carbons (Fsp3) is 0.0909. The molecule has 2 aromatic rings. The van der Waals surface area contributed by atoms with E-state index in [2.05, 4.69) is 9.97 Å². The number of aliphatic hydroxyl groups is 1. The SMILES string of the molecule is Nc1ncc(Cl)cc1C(O)c1ccc(F)cn1. The van der Waals surface area contributed by atoms with Crippen LogP contribution in [0.25, 0.3) is 0 Å². The van der Waals surface area contributed by atoms with Gasteiger partial charge in [0, 0.05) is 11.8 Å². The number of aromatic nitrogens is 2. The Hall–Kier alpha value is -1.72. The maximum absolute atomic E-state index is 12.7. The molecule has 0 bridgehead atoms. The third-order valence-corrected chi connectivity index (χ3v) is 2.45. The van der Waals surface area contributed by atoms with Crippen molar-refractivity contribution in [2.45, 2.75) is 6.10 Å². The van der Waals surface area contributed by atoms with Gasteiger partial charge in [-0.1, -0.05) is 11.6 Å². The van der Waals surface area contributed by atoms with Crippen molar-refractivity contribution in [2.24, 2.45) is 0 Å². The zero-order valence-electron chi connectivity index (χ0n) is 8.64. The lowest BCUT2D eigenvalue weighted by Gasteiger charge is -2.12. The minimum Gasteiger partial charge on any atom is -0.383 e. The third kappa shape index (κ3) is 2.51. The molecule has 0 radical (unpaired) electrons. The van der Waals surface area contributed by atoms with Crippen LogP contribution in [-0.4, -0.2) is 15.1 Å². The van der Waals surface area contributed by atoms with Crippen molar-refractivity contribution in [3.63, 3.8) is 0 Å². The van der Waals surface area contributed by atoms with E-state index < -0.39 is 11.9 Å². The molecule has 2 aromatic heterocycles. The fourth-order valence-electron chi connectivity index (χ4n) is 1.39. The molecule has 0 spiro atoms. The van der Waals surface area contributed by atoms with E-state index >= 15 is 0 Å². The second-order valence-electron chi connectivity index (χ2n) is 3.43. The summed E-state index contributed by atoms with van der Waals surface area (Å²) < 4.78 is 12.7. The van der Waals surface area contributed by atoms with Crippen molar-refractivity contribution in [1.82, 2.24) is 9.97 Å². The highest BCUT2D eigenvalue weighted by molar-refractivity contribution is 6.30. The van der Waals surface area contributed by atoms with Gasteiger partial charge in [-0.05, 0) is 18.2 Å². The number of rotatable bonds is 2. The molecule has 0 saturated heterocycles. The summed E-state index contributed by atoms with van der Waals surface area (Å²) in [5.41, 5.74) is 6.25. The smallest absolute Gasteiger partial charge is 0.141 e. The second-order valence-corrected chi connectivity index (χ2v) is 3.87. The molecule has 0 aromatic carbocycles. The van der Waals surface area contributed by atoms with Crippen LogP contribution in [0.3, 0.4) is 0 Å². The van der Waals surface area contributed by atoms with Gasteiger partial charge < -0.3 is 10.8 Å². The van der Waals surface area contributed by atoms with E-state index in [1.165, 1.54) is 24.4 Å². The Bertz CT molecular complexity index is 533. The van der Waals surface area contributed by atoms with Crippen molar-refractivity contribution in [3.8, 4) is 0 Å². The number of hydrogen-bond acceptors (Lipinski definition) is 4. The van der Waals surface area contributed by atoms with Gasteiger partial charge in [-0.25, -0.2) is 9.37 Å². The molecule has 0 aliphatic heterocycles. The van der Waals surface area contributed by atoms with Gasteiger partial charge in [0.05, 0.1) is 16.9 Å². The van der Waals surface area contributed by atoms with E-state index in [9.17, 15) is 9.50 Å². The van der Waals surface area contributed by atoms with Gasteiger partial charge in [0.25, 0.3) is 0 Å². The van der Waals surface area contributed by atoms with E-state index in [0.29, 0.717) is 10.6 Å². The predicted octanol–water partition coefficient (Wildman–Crippen LogP) is 1.93. The lowest BCUT2D eigenvalue weighted by atomic mass is 10.1. The highest BCUT2D eigenvalue weighted by Gasteiger charge is 2.16. The first-order valence-corrected chi connectivity index (χ1v) is 5.16. The normalized spacial score (nSPS) is 12.4. The summed E-state index contributed by atoms with van der Waals surface area (Å²) in [5.74, 6) is -0.314. The molecule has 2 heterocycles. The van der Waals surface area contributed by atoms with Crippen LogP contribution in [-0.2, 0) is 0 Å². The molecule has 0 aliphatic carbocycles. The summed E-state index contributed by atoms with van der Waals surface area (Å²) in [6.45, 7) is 0. The number of halogens is 2. The number of aliphatic hydroxyl groups excluding tert-OH is 1. The summed E-state index contributed by atoms with van der Waals surface area (Å²) >= 11 is 5.76. The zero-order chi connectivity index (χ0) is 12.4. The molecular formula is C11H9ClFN3O. The highest BCUT2D eigenvalue weighted by Crippen LogP contribution is 2.26. The first kappa shape index (κ1) is 11.8. The highest BCUT2D eigenvalue weighted by atomic mass is 35.5. The maximum Gasteiger partial charge on any atom is 0.141 e. The van der Waals surface area contributed by atoms with E-state index in [4.69, 9.17) is 17.3 Å². The zero-order valence-corrected chi connectivity index (χ0v) is 9.39. The molecule has 0 aliphatic rings. The number of nitrogen functional groups attached to an aromatic ring is 1. The van der Waals surface area contributed by atoms with Gasteiger partial charge in [0.15, 0.2) is 0 Å². The Morgan fingerprint density at radius 1 is 1.29 bits per heavy atom. The minimum absolute atomic E-state index is 0.160. The van der Waals surface area contributed by atoms with Crippen molar-refractivity contribution < 1.29 is 9.50 Å². The molecule has 1 atom stereocenters. The van der Waals surface area contributed by atoms with Crippen LogP contribution < -0.4 is 5.73 Å². The lowest BCUT2D eigenvalue weighted by Crippen LogP contribution is -2.07. The molecule has 0 amide bonds. The average molecular weight is 254 g/mol. The minimum atomic E-state index is -1.08. The van der Waals surface area contributed by atoms with Gasteiger partial charge in [-0.15, -0.1) is 0 Å². The Balaban J connectivity index is 2.39. The summed E-state index contributed by atoms with van der Waals surface area (Å²) in [6.07, 6.45) is 1.32. The quantitative estimate of drug-likeness (QED) is 0.858. The Morgan fingerprint density at radius 3 is 2.71 bits per heavy atom. The van der Waals surface area contributed by atoms with E-state index in [1.54, 1.807) is 0 Å². The van der Waals surface area contributed by atoms with Gasteiger partial charge in [0.1, 0.15) is 17.7 Å². The lowest BCUT2D eigenvalue weighted by molar-refractivity contribution is 0.215. The molecule has 0 saturated carbocycles. The van der Waals surface area contributed by atoms with E-state index in [-0.39, 0.29) is 11.5 Å². The van der Waals surface area contributed by atoms with Crippen LogP contribution in [0.5, 0.6) is 0 Å². The Morgan fingerprint density at radius 2 is 2.06 bits per heavy atom. The third-order valence-electron chi connectivity index (χ3n) is 2.24. The van der Waals surface area contributed by atoms with Gasteiger partial charge in [0.2, 0.25) is 0 Å². The van der Waals surface area contributed by atoms with Crippen LogP contribution >= 0.6 is 11.6 Å². The molecule has 3 N–H and O–H groups in total. The van der Waals surface area contributed by atoms with E-state index in [1.807, 2.05) is 0 Å². The van der Waals surface area contributed by atoms with Crippen LogP contribution in [0.1, 0.15) is 17.4 Å². The summed E-state index contributed by atoms with van der Waals surface area (Å²) in [4.78, 5) is 7.60. The monoisotopic (exact) mass is 253 g/mol. The average Bonchev–Trinajstić information content (AvgIpc) is 2.32. The maximum atomic E-state index is 12.7. The standard InChI is InChI=1S/C11H9ClFN3O/c12-6-3-8(11(14)16-4-6)10(17)9-2-1-7(13)5-15-9/h1-5,10,17H,(H2,14,16). The topological polar surface area (TPSA) is 72.0 Å². The second kappa shape index (κ2) is 4.65. The number of pyridine rings is 2. The van der Waals surface area contributed by atoms with Crippen LogP contribution in [0, 0.1) is 5.82 Å². The largest absolute Gasteiger partial charge is 0.383 e.